The maximum absolute atomic E-state index is 9.98. The highest BCUT2D eigenvalue weighted by molar-refractivity contribution is 5.49. The van der Waals surface area contributed by atoms with Crippen molar-refractivity contribution in [2.24, 2.45) is 0 Å². The van der Waals surface area contributed by atoms with Gasteiger partial charge in [-0.2, -0.15) is 0 Å². The molecule has 2 nitrogen and oxygen atoms in total. The Hall–Kier alpha value is -0.370. The van der Waals surface area contributed by atoms with Crippen molar-refractivity contribution < 1.29 is 4.79 Å². The van der Waals surface area contributed by atoms with Crippen molar-refractivity contribution in [1.82, 2.24) is 5.32 Å². The summed E-state index contributed by atoms with van der Waals surface area (Å²) in [4.78, 5) is 9.98. The molecule has 0 atom stereocenters. The third-order valence-electron chi connectivity index (χ3n) is 2.36. The van der Waals surface area contributed by atoms with Gasteiger partial charge in [-0.05, 0) is 32.7 Å². The van der Waals surface area contributed by atoms with Crippen LogP contribution in [0, 0.1) is 0 Å². The van der Waals surface area contributed by atoms with E-state index in [0.29, 0.717) is 5.54 Å². The predicted octanol–water partition coefficient (Wildman–Crippen LogP) is 2.13. The molecule has 0 aliphatic heterocycles. The van der Waals surface area contributed by atoms with E-state index in [9.17, 15) is 4.79 Å². The highest BCUT2D eigenvalue weighted by Crippen LogP contribution is 2.39. The van der Waals surface area contributed by atoms with Gasteiger partial charge in [0, 0.05) is 12.0 Å². The van der Waals surface area contributed by atoms with Gasteiger partial charge >= 0.3 is 0 Å². The summed E-state index contributed by atoms with van der Waals surface area (Å²) in [5, 5.41) is 3.30. The summed E-state index contributed by atoms with van der Waals surface area (Å²) < 4.78 is 0. The first-order valence-electron chi connectivity index (χ1n) is 4.95. The lowest BCUT2D eigenvalue weighted by Gasteiger charge is -2.11. The predicted molar refractivity (Wildman–Crippen MR) is 52.3 cm³/mol. The lowest BCUT2D eigenvalue weighted by molar-refractivity contribution is -0.107. The van der Waals surface area contributed by atoms with E-state index < -0.39 is 0 Å². The van der Waals surface area contributed by atoms with Crippen LogP contribution in [0.1, 0.15) is 46.0 Å². The number of hydrogen-bond donors (Lipinski definition) is 1. The van der Waals surface area contributed by atoms with Gasteiger partial charge in [0.2, 0.25) is 0 Å². The molecule has 0 heterocycles. The average molecular weight is 171 g/mol. The number of carbonyl (C=O) groups excluding carboxylic acids is 1. The van der Waals surface area contributed by atoms with Crippen LogP contribution in [0.4, 0.5) is 0 Å². The summed E-state index contributed by atoms with van der Waals surface area (Å²) in [5.74, 6) is 0. The zero-order valence-corrected chi connectivity index (χ0v) is 8.52. The highest BCUT2D eigenvalue weighted by Gasteiger charge is 2.39. The highest BCUT2D eigenvalue weighted by atomic mass is 16.1. The van der Waals surface area contributed by atoms with Crippen LogP contribution in [-0.2, 0) is 4.79 Å². The molecule has 0 aromatic heterocycles. The molecule has 1 fully saturated rings. The van der Waals surface area contributed by atoms with Gasteiger partial charge < -0.3 is 10.1 Å². The molecule has 1 saturated carbocycles. The maximum Gasteiger partial charge on any atom is 0.119 e. The molecule has 1 aliphatic rings. The van der Waals surface area contributed by atoms with Crippen LogP contribution >= 0.6 is 0 Å². The number of nitrogens with one attached hydrogen (secondary N) is 1. The Bertz CT molecular complexity index is 119. The standard InChI is InChI=1S/C8H15NO.C2H6/c1-9-8(5-6-8)4-2-3-7-10;1-2/h7,9H,2-6H2,1H3;1-2H3. The largest absolute Gasteiger partial charge is 0.314 e. The molecule has 0 unspecified atom stereocenters. The summed E-state index contributed by atoms with van der Waals surface area (Å²) in [6.45, 7) is 4.00. The van der Waals surface area contributed by atoms with Gasteiger partial charge in [0.05, 0.1) is 0 Å². The van der Waals surface area contributed by atoms with E-state index in [0.717, 1.165) is 19.1 Å². The third-order valence-corrected chi connectivity index (χ3v) is 2.36. The fraction of sp³-hybridized carbons (Fsp3) is 0.900. The molecule has 0 saturated heterocycles. The second-order valence-corrected chi connectivity index (χ2v) is 3.09. The monoisotopic (exact) mass is 171 g/mol. The van der Waals surface area contributed by atoms with Crippen LogP contribution in [0.5, 0.6) is 0 Å². The minimum Gasteiger partial charge on any atom is -0.314 e. The second kappa shape index (κ2) is 6.18. The fourth-order valence-corrected chi connectivity index (χ4v) is 1.30. The van der Waals surface area contributed by atoms with Crippen molar-refractivity contribution in [2.75, 3.05) is 7.05 Å². The summed E-state index contributed by atoms with van der Waals surface area (Å²) in [7, 11) is 2.01. The molecule has 1 aliphatic carbocycles. The summed E-state index contributed by atoms with van der Waals surface area (Å²) in [6.07, 6.45) is 6.53. The Morgan fingerprint density at radius 1 is 1.42 bits per heavy atom. The number of hydrogen-bond acceptors (Lipinski definition) is 2. The van der Waals surface area contributed by atoms with Crippen molar-refractivity contribution in [3.63, 3.8) is 0 Å². The third kappa shape index (κ3) is 3.86. The number of carbonyl (C=O) groups is 1. The Kier molecular flexibility index (Phi) is 5.99. The van der Waals surface area contributed by atoms with Crippen LogP contribution in [0.15, 0.2) is 0 Å². The van der Waals surface area contributed by atoms with Gasteiger partial charge in [0.1, 0.15) is 6.29 Å². The van der Waals surface area contributed by atoms with Crippen LogP contribution in [0.25, 0.3) is 0 Å². The molecule has 72 valence electrons. The van der Waals surface area contributed by atoms with E-state index in [2.05, 4.69) is 5.32 Å². The Morgan fingerprint density at radius 2 is 2.00 bits per heavy atom. The number of aldehydes is 1. The zero-order valence-electron chi connectivity index (χ0n) is 8.52. The summed E-state index contributed by atoms with van der Waals surface area (Å²) in [5.41, 5.74) is 0.434. The first-order chi connectivity index (χ1) is 5.83. The van der Waals surface area contributed by atoms with Crippen molar-refractivity contribution >= 4 is 6.29 Å². The topological polar surface area (TPSA) is 29.1 Å². The molecule has 0 bridgehead atoms. The molecular weight excluding hydrogens is 150 g/mol. The van der Waals surface area contributed by atoms with Crippen molar-refractivity contribution in [3.05, 3.63) is 0 Å². The van der Waals surface area contributed by atoms with Crippen LogP contribution in [0.2, 0.25) is 0 Å². The molecule has 0 aromatic rings. The summed E-state index contributed by atoms with van der Waals surface area (Å²) in [6, 6.07) is 0. The number of unbranched alkanes of at least 4 members (excludes halogenated alkanes) is 1. The Balaban J connectivity index is 0.000000561. The molecule has 0 amide bonds. The lowest BCUT2D eigenvalue weighted by Crippen LogP contribution is -2.26. The smallest absolute Gasteiger partial charge is 0.119 e. The van der Waals surface area contributed by atoms with Crippen molar-refractivity contribution in [3.8, 4) is 0 Å². The van der Waals surface area contributed by atoms with Crippen molar-refractivity contribution in [1.29, 1.82) is 0 Å². The quantitative estimate of drug-likeness (QED) is 0.507. The fourth-order valence-electron chi connectivity index (χ4n) is 1.30. The molecule has 0 spiro atoms. The first-order valence-corrected chi connectivity index (χ1v) is 4.95. The number of rotatable bonds is 5. The van der Waals surface area contributed by atoms with Gasteiger partial charge in [-0.1, -0.05) is 13.8 Å². The first kappa shape index (κ1) is 11.6. The van der Waals surface area contributed by atoms with Gasteiger partial charge in [-0.3, -0.25) is 0 Å². The molecule has 12 heavy (non-hydrogen) atoms. The van der Waals surface area contributed by atoms with Gasteiger partial charge in [0.25, 0.3) is 0 Å². The second-order valence-electron chi connectivity index (χ2n) is 3.09. The van der Waals surface area contributed by atoms with Crippen LogP contribution < -0.4 is 5.32 Å². The summed E-state index contributed by atoms with van der Waals surface area (Å²) >= 11 is 0. The van der Waals surface area contributed by atoms with E-state index in [1.54, 1.807) is 0 Å². The lowest BCUT2D eigenvalue weighted by atomic mass is 10.1. The van der Waals surface area contributed by atoms with Crippen LogP contribution in [-0.4, -0.2) is 18.9 Å². The Labute approximate surface area is 75.7 Å². The molecule has 0 radical (unpaired) electrons. The molecule has 1 rings (SSSR count). The van der Waals surface area contributed by atoms with Gasteiger partial charge in [0.15, 0.2) is 0 Å². The van der Waals surface area contributed by atoms with E-state index in [4.69, 9.17) is 0 Å². The van der Waals surface area contributed by atoms with E-state index in [1.165, 1.54) is 19.3 Å². The maximum atomic E-state index is 9.98. The van der Waals surface area contributed by atoms with Gasteiger partial charge in [-0.15, -0.1) is 0 Å². The molecule has 1 N–H and O–H groups in total. The Morgan fingerprint density at radius 3 is 2.33 bits per heavy atom. The van der Waals surface area contributed by atoms with Crippen molar-refractivity contribution in [2.45, 2.75) is 51.5 Å². The van der Waals surface area contributed by atoms with E-state index >= 15 is 0 Å². The van der Waals surface area contributed by atoms with E-state index in [1.807, 2.05) is 20.9 Å². The van der Waals surface area contributed by atoms with Gasteiger partial charge in [-0.25, -0.2) is 0 Å². The molecule has 2 heteroatoms. The van der Waals surface area contributed by atoms with Crippen LogP contribution in [0.3, 0.4) is 0 Å². The molecular formula is C10H21NO. The zero-order chi connectivity index (χ0) is 9.45. The minimum absolute atomic E-state index is 0.434. The SMILES string of the molecule is CC.CNC1(CCCC=O)CC1. The minimum atomic E-state index is 0.434. The normalized spacial score (nSPS) is 17.6. The van der Waals surface area contributed by atoms with E-state index in [-0.39, 0.29) is 0 Å². The molecule has 0 aromatic carbocycles. The average Bonchev–Trinajstić information content (AvgIpc) is 2.90.